The zero-order valence-corrected chi connectivity index (χ0v) is 14.8. The first-order chi connectivity index (χ1) is 11.2. The van der Waals surface area contributed by atoms with Gasteiger partial charge < -0.3 is 14.5 Å². The summed E-state index contributed by atoms with van der Waals surface area (Å²) in [7, 11) is 1.81. The predicted octanol–water partition coefficient (Wildman–Crippen LogP) is 2.85. The van der Waals surface area contributed by atoms with E-state index in [2.05, 4.69) is 6.07 Å². The molecule has 1 saturated heterocycles. The molecule has 0 unspecified atom stereocenters. The summed E-state index contributed by atoms with van der Waals surface area (Å²) in [4.78, 5) is 29.7. The predicted molar refractivity (Wildman–Crippen MR) is 92.2 cm³/mol. The van der Waals surface area contributed by atoms with Crippen LogP contribution in [0.5, 0.6) is 0 Å². The van der Waals surface area contributed by atoms with Gasteiger partial charge in [-0.1, -0.05) is 6.07 Å². The normalized spacial score (nSPS) is 18.0. The highest BCUT2D eigenvalue weighted by Gasteiger charge is 2.29. The van der Waals surface area contributed by atoms with E-state index >= 15 is 0 Å². The molecule has 6 nitrogen and oxygen atoms in total. The first kappa shape index (κ1) is 16.6. The minimum atomic E-state index is -0.494. The van der Waals surface area contributed by atoms with Crippen molar-refractivity contribution < 1.29 is 14.3 Å². The maximum Gasteiger partial charge on any atom is 0.410 e. The van der Waals surface area contributed by atoms with Crippen LogP contribution in [0.25, 0.3) is 0 Å². The van der Waals surface area contributed by atoms with Gasteiger partial charge in [0.1, 0.15) is 5.60 Å². The number of carbonyl (C=O) groups is 2. The molecule has 0 radical (unpaired) electrons. The average molecular weight is 331 g/mol. The molecule has 1 aromatic carbocycles. The first-order valence-electron chi connectivity index (χ1n) is 8.37. The zero-order valence-electron chi connectivity index (χ0n) is 14.8. The number of ether oxygens (including phenoxy) is 1. The Hall–Kier alpha value is -2.24. The van der Waals surface area contributed by atoms with Crippen LogP contribution in [0, 0.1) is 0 Å². The third-order valence-electron chi connectivity index (χ3n) is 4.38. The SMILES string of the molecule is CN1CCN(c2ccc3c(c2)CN(C(=O)OC(C)(C)C)CC3)C1=O. The molecule has 24 heavy (non-hydrogen) atoms. The highest BCUT2D eigenvalue weighted by atomic mass is 16.6. The maximum atomic E-state index is 12.3. The van der Waals surface area contributed by atoms with Crippen LogP contribution in [-0.2, 0) is 17.7 Å². The Morgan fingerprint density at radius 1 is 1.12 bits per heavy atom. The molecule has 0 atom stereocenters. The van der Waals surface area contributed by atoms with Crippen molar-refractivity contribution in [1.82, 2.24) is 9.80 Å². The standard InChI is InChI=1S/C18H25N3O3/c1-18(2,3)24-17(23)20-8-7-13-5-6-15(11-14(13)12-20)21-10-9-19(4)16(21)22/h5-6,11H,7-10,12H2,1-4H3. The summed E-state index contributed by atoms with van der Waals surface area (Å²) in [6.45, 7) is 8.23. The molecule has 0 spiro atoms. The monoisotopic (exact) mass is 331 g/mol. The van der Waals surface area contributed by atoms with E-state index in [1.54, 1.807) is 14.7 Å². The quantitative estimate of drug-likeness (QED) is 0.795. The second kappa shape index (κ2) is 6.00. The first-order valence-corrected chi connectivity index (χ1v) is 8.37. The van der Waals surface area contributed by atoms with Gasteiger partial charge in [0.15, 0.2) is 0 Å². The van der Waals surface area contributed by atoms with Gasteiger partial charge in [-0.3, -0.25) is 4.90 Å². The van der Waals surface area contributed by atoms with Crippen LogP contribution in [0.2, 0.25) is 0 Å². The van der Waals surface area contributed by atoms with Crippen molar-refractivity contribution in [2.45, 2.75) is 39.3 Å². The summed E-state index contributed by atoms with van der Waals surface area (Å²) in [5.74, 6) is 0. The van der Waals surface area contributed by atoms with Gasteiger partial charge in [0, 0.05) is 38.9 Å². The number of benzene rings is 1. The minimum Gasteiger partial charge on any atom is -0.444 e. The lowest BCUT2D eigenvalue weighted by Gasteiger charge is -2.31. The summed E-state index contributed by atoms with van der Waals surface area (Å²) in [5, 5.41) is 0. The Kier molecular flexibility index (Phi) is 4.15. The fourth-order valence-electron chi connectivity index (χ4n) is 3.08. The number of urea groups is 1. The van der Waals surface area contributed by atoms with Crippen LogP contribution in [-0.4, -0.2) is 54.2 Å². The highest BCUT2D eigenvalue weighted by Crippen LogP contribution is 2.27. The van der Waals surface area contributed by atoms with Crippen LogP contribution in [0.1, 0.15) is 31.9 Å². The lowest BCUT2D eigenvalue weighted by molar-refractivity contribution is 0.0224. The average Bonchev–Trinajstić information content (AvgIpc) is 2.84. The molecule has 1 fully saturated rings. The number of carbonyl (C=O) groups excluding carboxylic acids is 2. The summed E-state index contributed by atoms with van der Waals surface area (Å²) in [6, 6.07) is 6.12. The third kappa shape index (κ3) is 3.32. The molecule has 6 heteroatoms. The maximum absolute atomic E-state index is 12.3. The number of rotatable bonds is 1. The largest absolute Gasteiger partial charge is 0.444 e. The van der Waals surface area contributed by atoms with E-state index in [0.29, 0.717) is 19.6 Å². The Labute approximate surface area is 143 Å². The molecule has 0 N–H and O–H groups in total. The number of fused-ring (bicyclic) bond motifs is 1. The lowest BCUT2D eigenvalue weighted by atomic mass is 9.99. The Morgan fingerprint density at radius 3 is 2.50 bits per heavy atom. The van der Waals surface area contributed by atoms with Crippen molar-refractivity contribution in [3.63, 3.8) is 0 Å². The number of anilines is 1. The van der Waals surface area contributed by atoms with E-state index in [4.69, 9.17) is 4.74 Å². The van der Waals surface area contributed by atoms with Crippen LogP contribution in [0.4, 0.5) is 15.3 Å². The zero-order chi connectivity index (χ0) is 17.5. The second-order valence-electron chi connectivity index (χ2n) is 7.46. The molecule has 2 heterocycles. The van der Waals surface area contributed by atoms with Gasteiger partial charge in [0.05, 0.1) is 0 Å². The van der Waals surface area contributed by atoms with Crippen molar-refractivity contribution in [2.75, 3.05) is 31.6 Å². The fraction of sp³-hybridized carbons (Fsp3) is 0.556. The minimum absolute atomic E-state index is 0.0229. The fourth-order valence-corrected chi connectivity index (χ4v) is 3.08. The van der Waals surface area contributed by atoms with Crippen molar-refractivity contribution in [1.29, 1.82) is 0 Å². The molecule has 0 aromatic heterocycles. The highest BCUT2D eigenvalue weighted by molar-refractivity contribution is 5.94. The molecule has 1 aromatic rings. The van der Waals surface area contributed by atoms with E-state index in [1.165, 1.54) is 5.56 Å². The van der Waals surface area contributed by atoms with E-state index in [1.807, 2.05) is 40.0 Å². The van der Waals surface area contributed by atoms with Gasteiger partial charge in [-0.2, -0.15) is 0 Å². The topological polar surface area (TPSA) is 53.1 Å². The van der Waals surface area contributed by atoms with Gasteiger partial charge in [0.2, 0.25) is 0 Å². The Morgan fingerprint density at radius 2 is 1.88 bits per heavy atom. The number of hydrogen-bond acceptors (Lipinski definition) is 3. The van der Waals surface area contributed by atoms with E-state index < -0.39 is 5.60 Å². The number of amides is 3. The second-order valence-corrected chi connectivity index (χ2v) is 7.46. The molecule has 130 valence electrons. The van der Waals surface area contributed by atoms with Gasteiger partial charge in [-0.15, -0.1) is 0 Å². The number of hydrogen-bond donors (Lipinski definition) is 0. The summed E-state index contributed by atoms with van der Waals surface area (Å²) < 4.78 is 5.47. The van der Waals surface area contributed by atoms with Crippen LogP contribution >= 0.6 is 0 Å². The van der Waals surface area contributed by atoms with E-state index in [-0.39, 0.29) is 12.1 Å². The molecule has 0 aliphatic carbocycles. The lowest BCUT2D eigenvalue weighted by Crippen LogP contribution is -2.40. The van der Waals surface area contributed by atoms with Crippen molar-refractivity contribution in [3.05, 3.63) is 29.3 Å². The van der Waals surface area contributed by atoms with Crippen molar-refractivity contribution in [3.8, 4) is 0 Å². The van der Waals surface area contributed by atoms with Crippen LogP contribution in [0.15, 0.2) is 18.2 Å². The molecule has 2 aliphatic heterocycles. The molecular formula is C18H25N3O3. The van der Waals surface area contributed by atoms with Crippen LogP contribution in [0.3, 0.4) is 0 Å². The summed E-state index contributed by atoms with van der Waals surface area (Å²) in [6.07, 6.45) is 0.526. The molecule has 3 amide bonds. The summed E-state index contributed by atoms with van der Waals surface area (Å²) in [5.41, 5.74) is 2.73. The number of likely N-dealkylation sites (N-methyl/N-ethyl adjacent to an activating group) is 1. The molecule has 3 rings (SSSR count). The molecule has 0 bridgehead atoms. The van der Waals surface area contributed by atoms with Gasteiger partial charge in [-0.25, -0.2) is 9.59 Å². The third-order valence-corrected chi connectivity index (χ3v) is 4.38. The van der Waals surface area contributed by atoms with Gasteiger partial charge in [0.25, 0.3) is 0 Å². The number of nitrogens with zero attached hydrogens (tertiary/aromatic N) is 3. The smallest absolute Gasteiger partial charge is 0.410 e. The molecule has 0 saturated carbocycles. The molecule has 2 aliphatic rings. The molecular weight excluding hydrogens is 306 g/mol. The van der Waals surface area contributed by atoms with Gasteiger partial charge in [-0.05, 0) is 50.5 Å². The van der Waals surface area contributed by atoms with E-state index in [9.17, 15) is 9.59 Å². The van der Waals surface area contributed by atoms with Crippen molar-refractivity contribution in [2.24, 2.45) is 0 Å². The summed E-state index contributed by atoms with van der Waals surface area (Å²) >= 11 is 0. The van der Waals surface area contributed by atoms with Crippen molar-refractivity contribution >= 4 is 17.8 Å². The Balaban J connectivity index is 1.77. The van der Waals surface area contributed by atoms with Crippen LogP contribution < -0.4 is 4.90 Å². The Bertz CT molecular complexity index is 666. The van der Waals surface area contributed by atoms with Gasteiger partial charge >= 0.3 is 12.1 Å². The van der Waals surface area contributed by atoms with E-state index in [0.717, 1.165) is 24.2 Å².